The molecule has 1 aromatic heterocycles. The van der Waals surface area contributed by atoms with Gasteiger partial charge < -0.3 is 15.0 Å². The van der Waals surface area contributed by atoms with E-state index < -0.39 is 6.04 Å². The zero-order valence-corrected chi connectivity index (χ0v) is 20.3. The van der Waals surface area contributed by atoms with Gasteiger partial charge in [0.2, 0.25) is 11.8 Å². The van der Waals surface area contributed by atoms with Gasteiger partial charge in [0.25, 0.3) is 0 Å². The van der Waals surface area contributed by atoms with Crippen molar-refractivity contribution in [3.05, 3.63) is 102 Å². The third-order valence-electron chi connectivity index (χ3n) is 6.34. The minimum absolute atomic E-state index is 0.0198. The SMILES string of the molecule is O=C(Nc1ccc(Oc2ccc(F)cc2)cc1)[C@@H]1C[C@@H](Cc2cccc(F)c2)CN1C(=O)Cn1nccn1. The molecule has 1 saturated heterocycles. The van der Waals surface area contributed by atoms with Crippen LogP contribution >= 0.6 is 0 Å². The van der Waals surface area contributed by atoms with Crippen LogP contribution in [-0.4, -0.2) is 44.3 Å². The molecule has 0 unspecified atom stereocenters. The molecule has 1 aliphatic heterocycles. The summed E-state index contributed by atoms with van der Waals surface area (Å²) < 4.78 is 32.5. The molecule has 0 bridgehead atoms. The summed E-state index contributed by atoms with van der Waals surface area (Å²) in [6, 6.07) is 18.1. The molecule has 1 N–H and O–H groups in total. The van der Waals surface area contributed by atoms with Crippen molar-refractivity contribution in [2.24, 2.45) is 5.92 Å². The molecule has 8 nitrogen and oxygen atoms in total. The van der Waals surface area contributed by atoms with Crippen LogP contribution in [0, 0.1) is 17.6 Å². The van der Waals surface area contributed by atoms with Crippen molar-refractivity contribution in [1.29, 1.82) is 0 Å². The highest BCUT2D eigenvalue weighted by Crippen LogP contribution is 2.29. The zero-order chi connectivity index (χ0) is 26.5. The summed E-state index contributed by atoms with van der Waals surface area (Å²) in [7, 11) is 0. The molecule has 1 fully saturated rings. The Balaban J connectivity index is 1.27. The van der Waals surface area contributed by atoms with Gasteiger partial charge in [0, 0.05) is 12.2 Å². The Morgan fingerprint density at radius 2 is 1.61 bits per heavy atom. The number of carbonyl (C=O) groups excluding carboxylic acids is 2. The van der Waals surface area contributed by atoms with Crippen molar-refractivity contribution in [1.82, 2.24) is 19.9 Å². The van der Waals surface area contributed by atoms with Gasteiger partial charge in [-0.25, -0.2) is 8.78 Å². The molecular weight excluding hydrogens is 492 g/mol. The summed E-state index contributed by atoms with van der Waals surface area (Å²) in [6.07, 6.45) is 3.95. The Kier molecular flexibility index (Phi) is 7.39. The molecule has 4 aromatic rings. The molecule has 10 heteroatoms. The van der Waals surface area contributed by atoms with E-state index in [0.717, 1.165) is 5.56 Å². The lowest BCUT2D eigenvalue weighted by atomic mass is 9.96. The summed E-state index contributed by atoms with van der Waals surface area (Å²) in [6.45, 7) is 0.276. The van der Waals surface area contributed by atoms with Crippen LogP contribution < -0.4 is 10.1 Å². The fourth-order valence-corrected chi connectivity index (χ4v) is 4.60. The summed E-state index contributed by atoms with van der Waals surface area (Å²) in [5.41, 5.74) is 1.35. The number of likely N-dealkylation sites (tertiary alicyclic amines) is 1. The molecule has 2 heterocycles. The lowest BCUT2D eigenvalue weighted by Gasteiger charge is -2.23. The monoisotopic (exact) mass is 517 g/mol. The van der Waals surface area contributed by atoms with Crippen LogP contribution in [0.15, 0.2) is 85.2 Å². The van der Waals surface area contributed by atoms with Crippen LogP contribution in [0.2, 0.25) is 0 Å². The van der Waals surface area contributed by atoms with Gasteiger partial charge in [-0.2, -0.15) is 15.0 Å². The fourth-order valence-electron chi connectivity index (χ4n) is 4.60. The number of carbonyl (C=O) groups is 2. The second-order valence-electron chi connectivity index (χ2n) is 9.13. The number of hydrogen-bond acceptors (Lipinski definition) is 5. The number of halogens is 2. The van der Waals surface area contributed by atoms with Crippen molar-refractivity contribution < 1.29 is 23.1 Å². The Morgan fingerprint density at radius 3 is 2.29 bits per heavy atom. The van der Waals surface area contributed by atoms with E-state index in [1.54, 1.807) is 35.2 Å². The fraction of sp³-hybridized carbons (Fsp3) is 0.214. The van der Waals surface area contributed by atoms with Crippen LogP contribution in [0.5, 0.6) is 11.5 Å². The van der Waals surface area contributed by atoms with Crippen LogP contribution in [0.3, 0.4) is 0 Å². The van der Waals surface area contributed by atoms with Crippen LogP contribution in [-0.2, 0) is 22.6 Å². The summed E-state index contributed by atoms with van der Waals surface area (Å²) in [5, 5.41) is 10.9. The molecule has 2 atom stereocenters. The average molecular weight is 518 g/mol. The molecule has 5 rings (SSSR count). The number of nitrogens with zero attached hydrogens (tertiary/aromatic N) is 4. The lowest BCUT2D eigenvalue weighted by molar-refractivity contribution is -0.137. The molecule has 1 aliphatic rings. The van der Waals surface area contributed by atoms with E-state index in [9.17, 15) is 18.4 Å². The van der Waals surface area contributed by atoms with Gasteiger partial charge in [0.15, 0.2) is 0 Å². The van der Waals surface area contributed by atoms with E-state index in [0.29, 0.717) is 36.6 Å². The van der Waals surface area contributed by atoms with Crippen molar-refractivity contribution in [2.45, 2.75) is 25.4 Å². The highest BCUT2D eigenvalue weighted by molar-refractivity contribution is 5.97. The van der Waals surface area contributed by atoms with Crippen molar-refractivity contribution in [3.8, 4) is 11.5 Å². The largest absolute Gasteiger partial charge is 0.457 e. The van der Waals surface area contributed by atoms with E-state index in [2.05, 4.69) is 15.5 Å². The Bertz CT molecular complexity index is 1400. The highest BCUT2D eigenvalue weighted by Gasteiger charge is 2.39. The number of benzene rings is 3. The average Bonchev–Trinajstić information content (AvgIpc) is 3.57. The predicted octanol–water partition coefficient (Wildman–Crippen LogP) is 4.45. The second-order valence-corrected chi connectivity index (χ2v) is 9.13. The predicted molar refractivity (Wildman–Crippen MR) is 135 cm³/mol. The van der Waals surface area contributed by atoms with Crippen molar-refractivity contribution in [2.75, 3.05) is 11.9 Å². The number of aromatic nitrogens is 3. The van der Waals surface area contributed by atoms with E-state index in [-0.39, 0.29) is 35.9 Å². The van der Waals surface area contributed by atoms with Crippen LogP contribution in [0.1, 0.15) is 12.0 Å². The first kappa shape index (κ1) is 25.1. The quantitative estimate of drug-likeness (QED) is 0.373. The van der Waals surface area contributed by atoms with Gasteiger partial charge in [0.1, 0.15) is 35.7 Å². The number of hydrogen-bond donors (Lipinski definition) is 1. The molecule has 0 radical (unpaired) electrons. The Labute approximate surface area is 217 Å². The van der Waals surface area contributed by atoms with E-state index in [1.807, 2.05) is 6.07 Å². The standard InChI is InChI=1S/C28H25F2N5O3/c29-21-4-8-24(9-5-21)38-25-10-6-23(7-11-25)33-28(37)26-16-20(14-19-2-1-3-22(30)15-19)17-34(26)27(36)18-35-31-12-13-32-35/h1-13,15,20,26H,14,16-18H2,(H,33,37)/t20-,26+/m1/s1. The summed E-state index contributed by atoms with van der Waals surface area (Å²) >= 11 is 0. The number of rotatable bonds is 8. The van der Waals surface area contributed by atoms with E-state index in [1.165, 1.54) is 53.6 Å². The molecular formula is C28H25F2N5O3. The smallest absolute Gasteiger partial charge is 0.247 e. The molecule has 0 aliphatic carbocycles. The molecule has 38 heavy (non-hydrogen) atoms. The number of nitrogens with one attached hydrogen (secondary N) is 1. The lowest BCUT2D eigenvalue weighted by Crippen LogP contribution is -2.44. The Hall–Kier alpha value is -4.60. The molecule has 194 valence electrons. The van der Waals surface area contributed by atoms with Crippen molar-refractivity contribution >= 4 is 17.5 Å². The summed E-state index contributed by atoms with van der Waals surface area (Å²) in [4.78, 5) is 29.3. The topological polar surface area (TPSA) is 89.4 Å². The third kappa shape index (κ3) is 6.20. The maximum absolute atomic E-state index is 13.7. The minimum atomic E-state index is -0.702. The van der Waals surface area contributed by atoms with Gasteiger partial charge in [-0.3, -0.25) is 9.59 Å². The van der Waals surface area contributed by atoms with Gasteiger partial charge in [-0.1, -0.05) is 12.1 Å². The van der Waals surface area contributed by atoms with Gasteiger partial charge in [-0.05, 0) is 85.0 Å². The highest BCUT2D eigenvalue weighted by atomic mass is 19.1. The number of anilines is 1. The van der Waals surface area contributed by atoms with Crippen LogP contribution in [0.4, 0.5) is 14.5 Å². The van der Waals surface area contributed by atoms with Gasteiger partial charge in [-0.15, -0.1) is 0 Å². The molecule has 2 amide bonds. The molecule has 0 spiro atoms. The first-order valence-electron chi connectivity index (χ1n) is 12.2. The van der Waals surface area contributed by atoms with Gasteiger partial charge in [0.05, 0.1) is 12.4 Å². The molecule has 3 aromatic carbocycles. The number of ether oxygens (including phenoxy) is 1. The van der Waals surface area contributed by atoms with Gasteiger partial charge >= 0.3 is 0 Å². The van der Waals surface area contributed by atoms with E-state index >= 15 is 0 Å². The minimum Gasteiger partial charge on any atom is -0.457 e. The Morgan fingerprint density at radius 1 is 0.921 bits per heavy atom. The van der Waals surface area contributed by atoms with Crippen molar-refractivity contribution in [3.63, 3.8) is 0 Å². The maximum Gasteiger partial charge on any atom is 0.247 e. The van der Waals surface area contributed by atoms with Crippen LogP contribution in [0.25, 0.3) is 0 Å². The zero-order valence-electron chi connectivity index (χ0n) is 20.3. The summed E-state index contributed by atoms with van der Waals surface area (Å²) in [5.74, 6) is -0.276. The normalized spacial score (nSPS) is 16.8. The van der Waals surface area contributed by atoms with E-state index in [4.69, 9.17) is 4.74 Å². The number of amides is 2. The maximum atomic E-state index is 13.7. The first-order chi connectivity index (χ1) is 18.4. The first-order valence-corrected chi connectivity index (χ1v) is 12.2. The third-order valence-corrected chi connectivity index (χ3v) is 6.34. The molecule has 0 saturated carbocycles. The second kappa shape index (κ2) is 11.2.